The van der Waals surface area contributed by atoms with Gasteiger partial charge >= 0.3 is 5.97 Å². The topological polar surface area (TPSA) is 46.5 Å². The molecule has 4 heteroatoms. The van der Waals surface area contributed by atoms with E-state index < -0.39 is 6.10 Å². The predicted molar refractivity (Wildman–Crippen MR) is 48.1 cm³/mol. The van der Waals surface area contributed by atoms with Crippen molar-refractivity contribution in [2.24, 2.45) is 5.92 Å². The van der Waals surface area contributed by atoms with Crippen LogP contribution in [0.15, 0.2) is 0 Å². The number of esters is 1. The van der Waals surface area contributed by atoms with Gasteiger partial charge in [-0.25, -0.2) is 0 Å². The molecule has 0 aliphatic heterocycles. The maximum Gasteiger partial charge on any atom is 0.308 e. The third-order valence-electron chi connectivity index (χ3n) is 2.27. The summed E-state index contributed by atoms with van der Waals surface area (Å²) in [6.45, 7) is 0. The Balaban J connectivity index is 2.45. The van der Waals surface area contributed by atoms with Crippen molar-refractivity contribution in [2.45, 2.75) is 30.2 Å². The van der Waals surface area contributed by atoms with E-state index in [0.29, 0.717) is 6.42 Å². The minimum absolute atomic E-state index is 0.112. The first-order chi connectivity index (χ1) is 5.65. The van der Waals surface area contributed by atoms with Gasteiger partial charge in [-0.3, -0.25) is 4.79 Å². The lowest BCUT2D eigenvalue weighted by Crippen LogP contribution is -2.33. The third kappa shape index (κ3) is 2.20. The summed E-state index contributed by atoms with van der Waals surface area (Å²) in [4.78, 5) is 11.2. The molecule has 0 unspecified atom stereocenters. The van der Waals surface area contributed by atoms with Crippen molar-refractivity contribution in [1.82, 2.24) is 0 Å². The van der Waals surface area contributed by atoms with Gasteiger partial charge in [-0.1, -0.05) is 15.9 Å². The number of hydrogen-bond acceptors (Lipinski definition) is 3. The first-order valence-corrected chi connectivity index (χ1v) is 4.96. The van der Waals surface area contributed by atoms with Crippen molar-refractivity contribution in [1.29, 1.82) is 0 Å². The molecule has 1 N–H and O–H groups in total. The van der Waals surface area contributed by atoms with Crippen LogP contribution in [0.2, 0.25) is 0 Å². The Morgan fingerprint density at radius 3 is 2.75 bits per heavy atom. The Hall–Kier alpha value is -0.0900. The first kappa shape index (κ1) is 9.99. The van der Waals surface area contributed by atoms with Crippen LogP contribution in [-0.4, -0.2) is 29.1 Å². The van der Waals surface area contributed by atoms with E-state index in [1.807, 2.05) is 0 Å². The Morgan fingerprint density at radius 1 is 1.58 bits per heavy atom. The van der Waals surface area contributed by atoms with Gasteiger partial charge in [0.25, 0.3) is 0 Å². The second kappa shape index (κ2) is 4.23. The van der Waals surface area contributed by atoms with Crippen LogP contribution in [0.25, 0.3) is 0 Å². The third-order valence-corrected chi connectivity index (χ3v) is 3.34. The molecule has 12 heavy (non-hydrogen) atoms. The standard InChI is InChI=1S/C8H13BrO3/c1-12-8(11)5-2-3-6(9)7(10)4-5/h5-7,10H,2-4H2,1H3/t5-,6+,7-/m0/s1. The lowest BCUT2D eigenvalue weighted by atomic mass is 9.87. The van der Waals surface area contributed by atoms with E-state index >= 15 is 0 Å². The molecule has 0 amide bonds. The molecule has 3 atom stereocenters. The average molecular weight is 237 g/mol. The van der Waals surface area contributed by atoms with Gasteiger partial charge in [-0.05, 0) is 19.3 Å². The molecule has 0 bridgehead atoms. The van der Waals surface area contributed by atoms with E-state index in [9.17, 15) is 9.90 Å². The SMILES string of the molecule is COC(=O)[C@H]1CC[C@@H](Br)[C@@H](O)C1. The lowest BCUT2D eigenvalue weighted by Gasteiger charge is -2.27. The average Bonchev–Trinajstić information content (AvgIpc) is 2.08. The fourth-order valence-electron chi connectivity index (χ4n) is 1.49. The van der Waals surface area contributed by atoms with Crippen molar-refractivity contribution in [3.8, 4) is 0 Å². The van der Waals surface area contributed by atoms with Gasteiger partial charge in [0, 0.05) is 4.83 Å². The summed E-state index contributed by atoms with van der Waals surface area (Å²) in [5.74, 6) is -0.313. The first-order valence-electron chi connectivity index (χ1n) is 4.05. The summed E-state index contributed by atoms with van der Waals surface area (Å²) in [5.41, 5.74) is 0. The van der Waals surface area contributed by atoms with Crippen LogP contribution in [0, 0.1) is 5.92 Å². The molecule has 1 fully saturated rings. The van der Waals surface area contributed by atoms with E-state index in [-0.39, 0.29) is 16.7 Å². The zero-order valence-electron chi connectivity index (χ0n) is 7.00. The molecule has 70 valence electrons. The van der Waals surface area contributed by atoms with Crippen molar-refractivity contribution >= 4 is 21.9 Å². The highest BCUT2D eigenvalue weighted by atomic mass is 79.9. The van der Waals surface area contributed by atoms with Crippen LogP contribution in [0.4, 0.5) is 0 Å². The number of rotatable bonds is 1. The Bertz CT molecular complexity index is 172. The van der Waals surface area contributed by atoms with Gasteiger partial charge in [0.1, 0.15) is 0 Å². The summed E-state index contributed by atoms with van der Waals surface area (Å²) < 4.78 is 4.61. The van der Waals surface area contributed by atoms with Crippen molar-refractivity contribution in [3.05, 3.63) is 0 Å². The molecule has 1 saturated carbocycles. The van der Waals surface area contributed by atoms with Crippen LogP contribution in [0.5, 0.6) is 0 Å². The molecule has 0 spiro atoms. The summed E-state index contributed by atoms with van der Waals surface area (Å²) in [5, 5.41) is 9.44. The Kier molecular flexibility index (Phi) is 3.53. The van der Waals surface area contributed by atoms with E-state index in [1.54, 1.807) is 0 Å². The van der Waals surface area contributed by atoms with Crippen LogP contribution < -0.4 is 0 Å². The summed E-state index contributed by atoms with van der Waals surface area (Å²) in [7, 11) is 1.38. The van der Waals surface area contributed by atoms with Gasteiger partial charge in [-0.2, -0.15) is 0 Å². The molecule has 0 saturated heterocycles. The van der Waals surface area contributed by atoms with Crippen molar-refractivity contribution in [2.75, 3.05) is 7.11 Å². The van der Waals surface area contributed by atoms with E-state index in [4.69, 9.17) is 0 Å². The highest BCUT2D eigenvalue weighted by Crippen LogP contribution is 2.29. The maximum absolute atomic E-state index is 11.1. The number of halogens is 1. The number of methoxy groups -OCH3 is 1. The van der Waals surface area contributed by atoms with Gasteiger partial charge in [0.05, 0.1) is 19.1 Å². The predicted octanol–water partition coefficient (Wildman–Crippen LogP) is 1.08. The minimum Gasteiger partial charge on any atom is -0.469 e. The molecule has 0 aromatic heterocycles. The molecule has 0 aromatic rings. The second-order valence-electron chi connectivity index (χ2n) is 3.12. The van der Waals surface area contributed by atoms with E-state index in [1.165, 1.54) is 7.11 Å². The Labute approximate surface area is 80.2 Å². The van der Waals surface area contributed by atoms with Gasteiger partial charge in [0.15, 0.2) is 0 Å². The number of ether oxygens (including phenoxy) is 1. The van der Waals surface area contributed by atoms with Crippen LogP contribution in [0.1, 0.15) is 19.3 Å². The molecule has 1 aliphatic rings. The summed E-state index contributed by atoms with van der Waals surface area (Å²) in [6, 6.07) is 0. The zero-order valence-corrected chi connectivity index (χ0v) is 8.58. The highest BCUT2D eigenvalue weighted by molar-refractivity contribution is 9.09. The van der Waals surface area contributed by atoms with Crippen LogP contribution in [-0.2, 0) is 9.53 Å². The van der Waals surface area contributed by atoms with E-state index in [0.717, 1.165) is 12.8 Å². The fourth-order valence-corrected chi connectivity index (χ4v) is 1.97. The number of aliphatic hydroxyl groups excluding tert-OH is 1. The van der Waals surface area contributed by atoms with Gasteiger partial charge < -0.3 is 9.84 Å². The van der Waals surface area contributed by atoms with Crippen LogP contribution >= 0.6 is 15.9 Å². The lowest BCUT2D eigenvalue weighted by molar-refractivity contribution is -0.147. The fraction of sp³-hybridized carbons (Fsp3) is 0.875. The molecule has 1 aliphatic carbocycles. The maximum atomic E-state index is 11.1. The number of alkyl halides is 1. The smallest absolute Gasteiger partial charge is 0.308 e. The number of carbonyl (C=O) groups is 1. The number of hydrogen-bond donors (Lipinski definition) is 1. The summed E-state index contributed by atoms with van der Waals surface area (Å²) >= 11 is 3.35. The van der Waals surface area contributed by atoms with Crippen molar-refractivity contribution < 1.29 is 14.6 Å². The van der Waals surface area contributed by atoms with E-state index in [2.05, 4.69) is 20.7 Å². The van der Waals surface area contributed by atoms with Gasteiger partial charge in [-0.15, -0.1) is 0 Å². The largest absolute Gasteiger partial charge is 0.469 e. The second-order valence-corrected chi connectivity index (χ2v) is 4.29. The molecular weight excluding hydrogens is 224 g/mol. The minimum atomic E-state index is -0.414. The summed E-state index contributed by atoms with van der Waals surface area (Å²) in [6.07, 6.45) is 1.74. The monoisotopic (exact) mass is 236 g/mol. The number of carbonyl (C=O) groups excluding carboxylic acids is 1. The van der Waals surface area contributed by atoms with Crippen molar-refractivity contribution in [3.63, 3.8) is 0 Å². The molecule has 3 nitrogen and oxygen atoms in total. The molecule has 0 aromatic carbocycles. The quantitative estimate of drug-likeness (QED) is 0.548. The highest BCUT2D eigenvalue weighted by Gasteiger charge is 2.31. The normalized spacial score (nSPS) is 36.1. The van der Waals surface area contributed by atoms with Gasteiger partial charge in [0.2, 0.25) is 0 Å². The molecule has 0 heterocycles. The zero-order chi connectivity index (χ0) is 9.14. The molecular formula is C8H13BrO3. The van der Waals surface area contributed by atoms with Crippen LogP contribution in [0.3, 0.4) is 0 Å². The Morgan fingerprint density at radius 2 is 2.25 bits per heavy atom. The number of aliphatic hydroxyl groups is 1. The molecule has 0 radical (unpaired) electrons. The molecule has 1 rings (SSSR count).